The van der Waals surface area contributed by atoms with Crippen LogP contribution in [-0.2, 0) is 4.43 Å². The maximum Gasteiger partial charge on any atom is 0.246 e. The number of hydrogen-bond donors (Lipinski definition) is 0. The highest BCUT2D eigenvalue weighted by atomic mass is 28.4. The van der Waals surface area contributed by atoms with E-state index in [1.165, 1.54) is 49.9 Å². The molecule has 0 aromatic carbocycles. The van der Waals surface area contributed by atoms with E-state index in [0.717, 1.165) is 11.8 Å². The molecule has 0 aliphatic heterocycles. The van der Waals surface area contributed by atoms with E-state index in [1.807, 2.05) is 0 Å². The molecule has 0 aromatic rings. The van der Waals surface area contributed by atoms with Crippen molar-refractivity contribution in [1.82, 2.24) is 0 Å². The van der Waals surface area contributed by atoms with Crippen molar-refractivity contribution in [2.45, 2.75) is 90.6 Å². The zero-order valence-electron chi connectivity index (χ0n) is 15.2. The first-order valence-electron chi connectivity index (χ1n) is 9.33. The summed E-state index contributed by atoms with van der Waals surface area (Å²) < 4.78 is 7.00. The van der Waals surface area contributed by atoms with Crippen LogP contribution in [0, 0.1) is 11.8 Å². The second-order valence-electron chi connectivity index (χ2n) is 7.96. The quantitative estimate of drug-likeness (QED) is 0.391. The Labute approximate surface area is 134 Å². The Kier molecular flexibility index (Phi) is 5.46. The predicted molar refractivity (Wildman–Crippen MR) is 98.7 cm³/mol. The average Bonchev–Trinajstić information content (AvgIpc) is 3.14. The van der Waals surface area contributed by atoms with Crippen molar-refractivity contribution in [2.24, 2.45) is 11.8 Å². The predicted octanol–water partition coefficient (Wildman–Crippen LogP) is 6.35. The van der Waals surface area contributed by atoms with E-state index in [4.69, 9.17) is 4.43 Å². The third kappa shape index (κ3) is 3.34. The summed E-state index contributed by atoms with van der Waals surface area (Å²) in [7, 11) is -2.90. The summed E-state index contributed by atoms with van der Waals surface area (Å²) in [4.78, 5) is 0. The Hall–Kier alpha value is -0.0262. The highest BCUT2D eigenvalue weighted by Crippen LogP contribution is 2.51. The van der Waals surface area contributed by atoms with Crippen LogP contribution in [0.2, 0.25) is 37.3 Å². The second-order valence-corrected chi connectivity index (χ2v) is 17.5. The van der Waals surface area contributed by atoms with Gasteiger partial charge in [-0.1, -0.05) is 46.3 Å². The van der Waals surface area contributed by atoms with Crippen molar-refractivity contribution in [1.29, 1.82) is 0 Å². The molecule has 2 aliphatic carbocycles. The maximum atomic E-state index is 7.00. The van der Waals surface area contributed by atoms with Crippen LogP contribution in [0.3, 0.4) is 0 Å². The minimum absolute atomic E-state index is 0.891. The lowest BCUT2D eigenvalue weighted by atomic mass is 9.96. The van der Waals surface area contributed by atoms with E-state index in [0.29, 0.717) is 0 Å². The first-order chi connectivity index (χ1) is 9.91. The van der Waals surface area contributed by atoms with Crippen molar-refractivity contribution >= 4 is 16.4 Å². The van der Waals surface area contributed by atoms with Gasteiger partial charge in [-0.25, -0.2) is 0 Å². The largest absolute Gasteiger partial charge is 0.551 e. The van der Waals surface area contributed by atoms with E-state index in [-0.39, 0.29) is 0 Å². The molecule has 2 saturated carbocycles. The highest BCUT2D eigenvalue weighted by molar-refractivity contribution is 6.86. The molecule has 21 heavy (non-hydrogen) atoms. The minimum Gasteiger partial charge on any atom is -0.551 e. The van der Waals surface area contributed by atoms with E-state index in [1.54, 1.807) is 11.0 Å². The van der Waals surface area contributed by atoms with Crippen LogP contribution in [0.5, 0.6) is 0 Å². The first kappa shape index (κ1) is 17.3. The van der Waals surface area contributed by atoms with Gasteiger partial charge in [-0.3, -0.25) is 0 Å². The van der Waals surface area contributed by atoms with E-state index in [2.05, 4.69) is 40.8 Å². The molecule has 0 amide bonds. The van der Waals surface area contributed by atoms with Gasteiger partial charge in [-0.2, -0.15) is 0 Å². The third-order valence-electron chi connectivity index (χ3n) is 6.79. The van der Waals surface area contributed by atoms with Gasteiger partial charge >= 0.3 is 0 Å². The molecule has 0 radical (unpaired) electrons. The van der Waals surface area contributed by atoms with Crippen LogP contribution in [0.1, 0.15) is 53.4 Å². The monoisotopic (exact) mass is 324 g/mol. The van der Waals surface area contributed by atoms with Gasteiger partial charge in [-0.15, -0.1) is 0 Å². The smallest absolute Gasteiger partial charge is 0.246 e. The number of fused-ring (bicyclic) bond motifs is 2. The average molecular weight is 325 g/mol. The van der Waals surface area contributed by atoms with Gasteiger partial charge in [0, 0.05) is 0 Å². The molecule has 0 saturated heterocycles. The summed E-state index contributed by atoms with van der Waals surface area (Å²) in [6.45, 7) is 14.5. The molecule has 0 unspecified atom stereocenters. The van der Waals surface area contributed by atoms with Crippen molar-refractivity contribution in [2.75, 3.05) is 0 Å². The Balaban J connectivity index is 2.38. The molecule has 2 fully saturated rings. The summed E-state index contributed by atoms with van der Waals surface area (Å²) in [6.07, 6.45) is 5.77. The van der Waals surface area contributed by atoms with Crippen molar-refractivity contribution in [3.05, 3.63) is 11.0 Å². The lowest BCUT2D eigenvalue weighted by Gasteiger charge is -2.38. The van der Waals surface area contributed by atoms with Gasteiger partial charge in [0.05, 0.1) is 5.38 Å². The van der Waals surface area contributed by atoms with E-state index in [9.17, 15) is 0 Å². The molecule has 2 aliphatic rings. The van der Waals surface area contributed by atoms with Crippen LogP contribution in [0.4, 0.5) is 0 Å². The molecule has 0 heterocycles. The molecule has 0 aromatic heterocycles. The highest BCUT2D eigenvalue weighted by Gasteiger charge is 2.43. The molecule has 0 spiro atoms. The number of allylic oxidation sites excluding steroid dienone is 1. The fourth-order valence-electron chi connectivity index (χ4n) is 4.12. The molecular weight excluding hydrogens is 288 g/mol. The second kappa shape index (κ2) is 6.61. The van der Waals surface area contributed by atoms with Gasteiger partial charge in [0.1, 0.15) is 8.07 Å². The molecule has 2 bridgehead atoms. The standard InChI is InChI=1S/C18H36OSi2/c1-7-20(5,8-2)18(19-21(6,9-3)10-4)17-14-15-11-12-16(17)13-15/h15-16H,7-14H2,1-6H3/b18-17+/t15-,16+/m0/s1. The van der Waals surface area contributed by atoms with Crippen LogP contribution in [0.15, 0.2) is 11.0 Å². The molecule has 3 heteroatoms. The first-order valence-corrected chi connectivity index (χ1v) is 15.1. The SMILES string of the molecule is CC[Si](C)(CC)O/C(=C1/C[C@H]2CC[C@@H]1C2)[Si](C)(CC)CC. The maximum absolute atomic E-state index is 7.00. The molecule has 2 atom stereocenters. The molecule has 2 rings (SSSR count). The number of rotatable bonds is 7. The van der Waals surface area contributed by atoms with E-state index < -0.39 is 16.4 Å². The summed E-state index contributed by atoms with van der Waals surface area (Å²) in [6, 6.07) is 5.20. The summed E-state index contributed by atoms with van der Waals surface area (Å²) in [5.41, 5.74) is 1.80. The van der Waals surface area contributed by atoms with Crippen LogP contribution >= 0.6 is 0 Å². The molecule has 122 valence electrons. The summed E-state index contributed by atoms with van der Waals surface area (Å²) in [5, 5.41) is 1.59. The van der Waals surface area contributed by atoms with Crippen LogP contribution < -0.4 is 0 Å². The summed E-state index contributed by atoms with van der Waals surface area (Å²) in [5.74, 6) is 1.88. The van der Waals surface area contributed by atoms with Crippen LogP contribution in [-0.4, -0.2) is 16.4 Å². The Morgan fingerprint density at radius 1 is 1.00 bits per heavy atom. The van der Waals surface area contributed by atoms with Gasteiger partial charge in [0.25, 0.3) is 0 Å². The lowest BCUT2D eigenvalue weighted by Crippen LogP contribution is -2.42. The topological polar surface area (TPSA) is 9.23 Å². The van der Waals surface area contributed by atoms with Crippen molar-refractivity contribution < 1.29 is 4.43 Å². The summed E-state index contributed by atoms with van der Waals surface area (Å²) >= 11 is 0. The van der Waals surface area contributed by atoms with Gasteiger partial charge in [0.2, 0.25) is 8.32 Å². The fourth-order valence-corrected chi connectivity index (χ4v) is 9.48. The Bertz CT molecular complexity index is 394. The molecule has 1 nitrogen and oxygen atoms in total. The normalized spacial score (nSPS) is 28.1. The molecule has 0 N–H and O–H groups in total. The minimum atomic E-state index is -1.52. The number of hydrogen-bond acceptors (Lipinski definition) is 1. The molecular formula is C18H36OSi2. The van der Waals surface area contributed by atoms with Crippen LogP contribution in [0.25, 0.3) is 0 Å². The van der Waals surface area contributed by atoms with Crippen molar-refractivity contribution in [3.63, 3.8) is 0 Å². The zero-order chi connectivity index (χ0) is 15.7. The lowest BCUT2D eigenvalue weighted by molar-refractivity contribution is 0.415. The zero-order valence-corrected chi connectivity index (χ0v) is 17.2. The third-order valence-corrected chi connectivity index (χ3v) is 15.3. The van der Waals surface area contributed by atoms with E-state index >= 15 is 0 Å². The van der Waals surface area contributed by atoms with Gasteiger partial charge in [0.15, 0.2) is 0 Å². The van der Waals surface area contributed by atoms with Crippen molar-refractivity contribution in [3.8, 4) is 0 Å². The fraction of sp³-hybridized carbons (Fsp3) is 0.889. The van der Waals surface area contributed by atoms with Gasteiger partial charge < -0.3 is 4.43 Å². The Morgan fingerprint density at radius 2 is 1.62 bits per heavy atom. The van der Waals surface area contributed by atoms with Gasteiger partial charge in [-0.05, 0) is 61.7 Å². The Morgan fingerprint density at radius 3 is 2.00 bits per heavy atom.